The van der Waals surface area contributed by atoms with Gasteiger partial charge in [0.25, 0.3) is 0 Å². The van der Waals surface area contributed by atoms with E-state index in [2.05, 4.69) is 10.6 Å². The van der Waals surface area contributed by atoms with Crippen molar-refractivity contribution in [2.75, 3.05) is 26.3 Å². The molecule has 1 saturated heterocycles. The van der Waals surface area contributed by atoms with Crippen molar-refractivity contribution in [2.24, 2.45) is 0 Å². The summed E-state index contributed by atoms with van der Waals surface area (Å²) in [6.07, 6.45) is 3.71. The molecule has 1 fully saturated rings. The van der Waals surface area contributed by atoms with E-state index in [-0.39, 0.29) is 13.2 Å². The fourth-order valence-electron chi connectivity index (χ4n) is 1.63. The highest BCUT2D eigenvalue weighted by Crippen LogP contribution is 2.07. The predicted octanol–water partition coefficient (Wildman–Crippen LogP) is -0.539. The summed E-state index contributed by atoms with van der Waals surface area (Å²) in [5.41, 5.74) is -0.543. The molecule has 0 saturated carbocycles. The number of aliphatic hydroxyl groups excluding tert-OH is 2. The van der Waals surface area contributed by atoms with Crippen LogP contribution in [-0.4, -0.2) is 48.1 Å². The highest BCUT2D eigenvalue weighted by Gasteiger charge is 2.23. The Morgan fingerprint density at radius 1 is 1.36 bits per heavy atom. The third kappa shape index (κ3) is 3.53. The van der Waals surface area contributed by atoms with Crippen LogP contribution in [0.15, 0.2) is 0 Å². The first-order chi connectivity index (χ1) is 6.70. The molecule has 1 unspecified atom stereocenters. The van der Waals surface area contributed by atoms with Crippen molar-refractivity contribution in [3.63, 3.8) is 0 Å². The Bertz CT molecular complexity index is 154. The molecule has 0 aromatic carbocycles. The van der Waals surface area contributed by atoms with Crippen molar-refractivity contribution in [2.45, 2.75) is 37.8 Å². The van der Waals surface area contributed by atoms with E-state index in [0.717, 1.165) is 13.1 Å². The van der Waals surface area contributed by atoms with Gasteiger partial charge in [-0.25, -0.2) is 0 Å². The predicted molar refractivity (Wildman–Crippen MR) is 56.2 cm³/mol. The van der Waals surface area contributed by atoms with Crippen LogP contribution in [0.3, 0.4) is 0 Å². The molecule has 0 amide bonds. The second kappa shape index (κ2) is 5.66. The van der Waals surface area contributed by atoms with Crippen molar-refractivity contribution < 1.29 is 10.2 Å². The van der Waals surface area contributed by atoms with Gasteiger partial charge in [0, 0.05) is 12.6 Å². The molecule has 0 aliphatic carbocycles. The molecule has 4 nitrogen and oxygen atoms in total. The molecule has 84 valence electrons. The Labute approximate surface area is 85.7 Å². The van der Waals surface area contributed by atoms with Crippen molar-refractivity contribution in [1.82, 2.24) is 10.6 Å². The number of aliphatic hydroxyl groups is 2. The quantitative estimate of drug-likeness (QED) is 0.483. The van der Waals surface area contributed by atoms with E-state index in [1.807, 2.05) is 6.92 Å². The summed E-state index contributed by atoms with van der Waals surface area (Å²) in [4.78, 5) is 0. The first-order valence-corrected chi connectivity index (χ1v) is 5.40. The maximum absolute atomic E-state index is 9.07. The van der Waals surface area contributed by atoms with Gasteiger partial charge in [-0.05, 0) is 26.3 Å². The van der Waals surface area contributed by atoms with Crippen LogP contribution in [0.1, 0.15) is 26.2 Å². The molecule has 1 heterocycles. The Hall–Kier alpha value is -0.160. The number of nitrogens with one attached hydrogen (secondary N) is 2. The van der Waals surface area contributed by atoms with E-state index in [1.165, 1.54) is 19.3 Å². The van der Waals surface area contributed by atoms with Crippen molar-refractivity contribution >= 4 is 0 Å². The second-order valence-corrected chi connectivity index (χ2v) is 4.40. The summed E-state index contributed by atoms with van der Waals surface area (Å²) < 4.78 is 0. The van der Waals surface area contributed by atoms with Crippen molar-refractivity contribution in [1.29, 1.82) is 0 Å². The molecule has 0 radical (unpaired) electrons. The number of piperidine rings is 1. The molecule has 0 aromatic rings. The van der Waals surface area contributed by atoms with Gasteiger partial charge in [-0.3, -0.25) is 0 Å². The zero-order chi connectivity index (χ0) is 10.4. The first-order valence-electron chi connectivity index (χ1n) is 5.40. The molecule has 1 rings (SSSR count). The monoisotopic (exact) mass is 202 g/mol. The summed E-state index contributed by atoms with van der Waals surface area (Å²) in [6.45, 7) is 3.67. The van der Waals surface area contributed by atoms with Crippen LogP contribution in [-0.2, 0) is 0 Å². The first kappa shape index (κ1) is 11.9. The Morgan fingerprint density at radius 3 is 2.57 bits per heavy atom. The lowest BCUT2D eigenvalue weighted by molar-refractivity contribution is 0.101. The van der Waals surface area contributed by atoms with Gasteiger partial charge in [-0.1, -0.05) is 6.42 Å². The van der Waals surface area contributed by atoms with Gasteiger partial charge in [0.1, 0.15) is 0 Å². The third-order valence-corrected chi connectivity index (χ3v) is 2.89. The molecule has 0 bridgehead atoms. The van der Waals surface area contributed by atoms with Crippen LogP contribution in [0.2, 0.25) is 0 Å². The molecule has 0 aromatic heterocycles. The minimum absolute atomic E-state index is 0.0315. The van der Waals surface area contributed by atoms with E-state index in [1.54, 1.807) is 0 Å². The van der Waals surface area contributed by atoms with E-state index < -0.39 is 5.54 Å². The second-order valence-electron chi connectivity index (χ2n) is 4.40. The summed E-state index contributed by atoms with van der Waals surface area (Å²) in [7, 11) is 0. The standard InChI is InChI=1S/C10H22N2O2/c1-10(7-13,8-14)12-6-9-4-2-3-5-11-9/h9,11-14H,2-8H2,1H3. The molecule has 14 heavy (non-hydrogen) atoms. The molecule has 1 aliphatic heterocycles. The third-order valence-electron chi connectivity index (χ3n) is 2.89. The minimum atomic E-state index is -0.543. The van der Waals surface area contributed by atoms with Gasteiger partial charge in [0.05, 0.1) is 18.8 Å². The van der Waals surface area contributed by atoms with Crippen LogP contribution in [0.5, 0.6) is 0 Å². The van der Waals surface area contributed by atoms with Gasteiger partial charge in [0.2, 0.25) is 0 Å². The lowest BCUT2D eigenvalue weighted by atomic mass is 10.0. The Kier molecular flexibility index (Phi) is 4.81. The molecule has 1 aliphatic rings. The Morgan fingerprint density at radius 2 is 2.07 bits per heavy atom. The lowest BCUT2D eigenvalue weighted by Gasteiger charge is -2.31. The smallest absolute Gasteiger partial charge is 0.0633 e. The highest BCUT2D eigenvalue weighted by atomic mass is 16.3. The fraction of sp³-hybridized carbons (Fsp3) is 1.00. The molecule has 0 spiro atoms. The van der Waals surface area contributed by atoms with Gasteiger partial charge < -0.3 is 20.8 Å². The fourth-order valence-corrected chi connectivity index (χ4v) is 1.63. The minimum Gasteiger partial charge on any atom is -0.394 e. The maximum atomic E-state index is 9.07. The average molecular weight is 202 g/mol. The van der Waals surface area contributed by atoms with Crippen LogP contribution in [0.25, 0.3) is 0 Å². The van der Waals surface area contributed by atoms with Gasteiger partial charge in [0.15, 0.2) is 0 Å². The van der Waals surface area contributed by atoms with Crippen LogP contribution in [0, 0.1) is 0 Å². The lowest BCUT2D eigenvalue weighted by Crippen LogP contribution is -2.54. The molecular formula is C10H22N2O2. The van der Waals surface area contributed by atoms with Gasteiger partial charge in [-0.15, -0.1) is 0 Å². The van der Waals surface area contributed by atoms with Gasteiger partial charge in [-0.2, -0.15) is 0 Å². The summed E-state index contributed by atoms with van der Waals surface area (Å²) in [6, 6.07) is 0.487. The van der Waals surface area contributed by atoms with Crippen LogP contribution in [0.4, 0.5) is 0 Å². The van der Waals surface area contributed by atoms with E-state index in [4.69, 9.17) is 10.2 Å². The molecule has 1 atom stereocenters. The summed E-state index contributed by atoms with van der Waals surface area (Å²) in [5, 5.41) is 24.8. The SMILES string of the molecule is CC(CO)(CO)NCC1CCCCN1. The van der Waals surface area contributed by atoms with Crippen LogP contribution >= 0.6 is 0 Å². The van der Waals surface area contributed by atoms with Crippen LogP contribution < -0.4 is 10.6 Å². The Balaban J connectivity index is 2.23. The maximum Gasteiger partial charge on any atom is 0.0633 e. The number of hydrogen-bond acceptors (Lipinski definition) is 4. The highest BCUT2D eigenvalue weighted by molar-refractivity contribution is 4.84. The van der Waals surface area contributed by atoms with E-state index in [0.29, 0.717) is 6.04 Å². The topological polar surface area (TPSA) is 64.5 Å². The number of rotatable bonds is 5. The van der Waals surface area contributed by atoms with E-state index in [9.17, 15) is 0 Å². The summed E-state index contributed by atoms with van der Waals surface area (Å²) >= 11 is 0. The zero-order valence-electron chi connectivity index (χ0n) is 8.92. The van der Waals surface area contributed by atoms with E-state index >= 15 is 0 Å². The van der Waals surface area contributed by atoms with Gasteiger partial charge >= 0.3 is 0 Å². The zero-order valence-corrected chi connectivity index (χ0v) is 8.92. The van der Waals surface area contributed by atoms with Crippen molar-refractivity contribution in [3.8, 4) is 0 Å². The normalized spacial score (nSPS) is 23.8. The average Bonchev–Trinajstić information content (AvgIpc) is 2.27. The molecule has 4 heteroatoms. The largest absolute Gasteiger partial charge is 0.394 e. The van der Waals surface area contributed by atoms with Crippen molar-refractivity contribution in [3.05, 3.63) is 0 Å². The number of hydrogen-bond donors (Lipinski definition) is 4. The molecule has 4 N–H and O–H groups in total. The molecular weight excluding hydrogens is 180 g/mol. The summed E-state index contributed by atoms with van der Waals surface area (Å²) in [5.74, 6) is 0.